The summed E-state index contributed by atoms with van der Waals surface area (Å²) in [5.74, 6) is -0.236. The van der Waals surface area contributed by atoms with Gasteiger partial charge in [-0.15, -0.1) is 0 Å². The Morgan fingerprint density at radius 1 is 1.35 bits per heavy atom. The van der Waals surface area contributed by atoms with Gasteiger partial charge in [0.05, 0.1) is 6.10 Å². The van der Waals surface area contributed by atoms with E-state index >= 15 is 0 Å². The molecule has 1 aromatic carbocycles. The Hall–Kier alpha value is -1.13. The zero-order chi connectivity index (χ0) is 12.5. The summed E-state index contributed by atoms with van der Waals surface area (Å²) in [6.45, 7) is 6.18. The summed E-state index contributed by atoms with van der Waals surface area (Å²) in [5.41, 5.74) is 0.842. The van der Waals surface area contributed by atoms with E-state index in [-0.39, 0.29) is 11.4 Å². The van der Waals surface area contributed by atoms with Crippen LogP contribution in [0.3, 0.4) is 0 Å². The molecular weight excluding hydrogens is 219 g/mol. The van der Waals surface area contributed by atoms with Crippen LogP contribution >= 0.6 is 0 Å². The minimum absolute atomic E-state index is 0.102. The Bertz CT molecular complexity index is 378. The van der Waals surface area contributed by atoms with E-state index < -0.39 is 6.10 Å². The van der Waals surface area contributed by atoms with Gasteiger partial charge in [0.25, 0.3) is 0 Å². The molecule has 1 saturated heterocycles. The number of β-amino-alcohol motifs (C(OH)–C–C–N with tert-alkyl or cyclic N) is 1. The Morgan fingerprint density at radius 3 is 2.65 bits per heavy atom. The molecule has 1 aliphatic rings. The Balaban J connectivity index is 2.29. The van der Waals surface area contributed by atoms with Gasteiger partial charge in [0, 0.05) is 30.9 Å². The summed E-state index contributed by atoms with van der Waals surface area (Å²) in [6, 6.07) is 6.43. The number of halogens is 1. The highest BCUT2D eigenvalue weighted by Gasteiger charge is 2.31. The highest BCUT2D eigenvalue weighted by Crippen LogP contribution is 2.25. The van der Waals surface area contributed by atoms with E-state index in [0.717, 1.165) is 12.2 Å². The van der Waals surface area contributed by atoms with Gasteiger partial charge in [-0.1, -0.05) is 0 Å². The van der Waals surface area contributed by atoms with Crippen LogP contribution in [-0.4, -0.2) is 36.4 Å². The van der Waals surface area contributed by atoms with Crippen LogP contribution in [0.1, 0.15) is 13.8 Å². The minimum atomic E-state index is -0.401. The molecule has 1 atom stereocenters. The maximum Gasteiger partial charge on any atom is 0.123 e. The van der Waals surface area contributed by atoms with E-state index in [1.54, 1.807) is 12.1 Å². The Morgan fingerprint density at radius 2 is 2.00 bits per heavy atom. The monoisotopic (exact) mass is 238 g/mol. The second-order valence-corrected chi connectivity index (χ2v) is 5.18. The number of aliphatic hydroxyl groups is 1. The van der Waals surface area contributed by atoms with Crippen molar-refractivity contribution >= 4 is 5.69 Å². The Kier molecular flexibility index (Phi) is 3.35. The Labute approximate surface area is 101 Å². The lowest BCUT2D eigenvalue weighted by Gasteiger charge is -2.39. The van der Waals surface area contributed by atoms with E-state index in [1.165, 1.54) is 12.1 Å². The molecule has 94 valence electrons. The third-order valence-electron chi connectivity index (χ3n) is 3.20. The summed E-state index contributed by atoms with van der Waals surface area (Å²) < 4.78 is 12.9. The van der Waals surface area contributed by atoms with E-state index in [1.807, 2.05) is 0 Å². The topological polar surface area (TPSA) is 35.5 Å². The molecule has 2 rings (SSSR count). The van der Waals surface area contributed by atoms with Crippen molar-refractivity contribution in [1.29, 1.82) is 0 Å². The van der Waals surface area contributed by atoms with Crippen LogP contribution in [0.5, 0.6) is 0 Å². The molecular formula is C13H19FN2O. The first kappa shape index (κ1) is 12.3. The van der Waals surface area contributed by atoms with Gasteiger partial charge < -0.3 is 15.3 Å². The van der Waals surface area contributed by atoms with E-state index in [0.29, 0.717) is 13.1 Å². The summed E-state index contributed by atoms with van der Waals surface area (Å²) in [5, 5.41) is 13.1. The fraction of sp³-hybridized carbons (Fsp3) is 0.538. The average Bonchev–Trinajstić information content (AvgIpc) is 2.39. The van der Waals surface area contributed by atoms with Crippen LogP contribution < -0.4 is 10.2 Å². The van der Waals surface area contributed by atoms with Crippen molar-refractivity contribution in [2.24, 2.45) is 0 Å². The van der Waals surface area contributed by atoms with Crippen molar-refractivity contribution in [2.75, 3.05) is 24.5 Å². The van der Waals surface area contributed by atoms with Crippen molar-refractivity contribution in [1.82, 2.24) is 5.32 Å². The molecule has 1 fully saturated rings. The molecule has 0 spiro atoms. The molecule has 4 heteroatoms. The quantitative estimate of drug-likeness (QED) is 0.776. The molecule has 0 bridgehead atoms. The van der Waals surface area contributed by atoms with Gasteiger partial charge in [-0.3, -0.25) is 0 Å². The zero-order valence-corrected chi connectivity index (χ0v) is 10.3. The second-order valence-electron chi connectivity index (χ2n) is 5.18. The van der Waals surface area contributed by atoms with Gasteiger partial charge >= 0.3 is 0 Å². The first-order valence-electron chi connectivity index (χ1n) is 5.91. The van der Waals surface area contributed by atoms with Crippen LogP contribution in [0.15, 0.2) is 24.3 Å². The van der Waals surface area contributed by atoms with Crippen LogP contribution in [0.4, 0.5) is 10.1 Å². The minimum Gasteiger partial charge on any atom is -0.390 e. The number of benzene rings is 1. The molecule has 1 aliphatic heterocycles. The fourth-order valence-electron chi connectivity index (χ4n) is 2.24. The summed E-state index contributed by atoms with van der Waals surface area (Å²) >= 11 is 0. The van der Waals surface area contributed by atoms with Crippen LogP contribution in [-0.2, 0) is 0 Å². The highest BCUT2D eigenvalue weighted by atomic mass is 19.1. The highest BCUT2D eigenvalue weighted by molar-refractivity contribution is 5.49. The standard InChI is InChI=1S/C13H19FN2O/c1-13(2)9-15-7-12(17)8-16(13)11-5-3-10(14)4-6-11/h3-6,12,15,17H,7-9H2,1-2H3. The number of rotatable bonds is 1. The maximum atomic E-state index is 12.9. The summed E-state index contributed by atoms with van der Waals surface area (Å²) in [4.78, 5) is 2.12. The first-order valence-corrected chi connectivity index (χ1v) is 5.91. The molecule has 1 heterocycles. The van der Waals surface area contributed by atoms with Gasteiger partial charge in [-0.2, -0.15) is 0 Å². The van der Waals surface area contributed by atoms with Gasteiger partial charge in [0.15, 0.2) is 0 Å². The smallest absolute Gasteiger partial charge is 0.123 e. The number of nitrogens with zero attached hydrogens (tertiary/aromatic N) is 1. The van der Waals surface area contributed by atoms with Crippen molar-refractivity contribution in [3.63, 3.8) is 0 Å². The SMILES string of the molecule is CC1(C)CNCC(O)CN1c1ccc(F)cc1. The molecule has 0 aliphatic carbocycles. The van der Waals surface area contributed by atoms with Crippen molar-refractivity contribution in [2.45, 2.75) is 25.5 Å². The molecule has 0 aromatic heterocycles. The van der Waals surface area contributed by atoms with Gasteiger partial charge in [-0.25, -0.2) is 4.39 Å². The fourth-order valence-corrected chi connectivity index (χ4v) is 2.24. The lowest BCUT2D eigenvalue weighted by atomic mass is 10.0. The molecule has 0 saturated carbocycles. The van der Waals surface area contributed by atoms with Crippen LogP contribution in [0.2, 0.25) is 0 Å². The third kappa shape index (κ3) is 2.76. The molecule has 1 unspecified atom stereocenters. The third-order valence-corrected chi connectivity index (χ3v) is 3.20. The molecule has 2 N–H and O–H groups in total. The van der Waals surface area contributed by atoms with Crippen LogP contribution in [0, 0.1) is 5.82 Å². The van der Waals surface area contributed by atoms with E-state index in [4.69, 9.17) is 0 Å². The first-order chi connectivity index (χ1) is 7.99. The van der Waals surface area contributed by atoms with Crippen molar-refractivity contribution in [3.8, 4) is 0 Å². The predicted octanol–water partition coefficient (Wildman–Crippen LogP) is 1.37. The maximum absolute atomic E-state index is 12.9. The van der Waals surface area contributed by atoms with E-state index in [9.17, 15) is 9.50 Å². The number of aliphatic hydroxyl groups excluding tert-OH is 1. The predicted molar refractivity (Wildman–Crippen MR) is 66.7 cm³/mol. The van der Waals surface area contributed by atoms with E-state index in [2.05, 4.69) is 24.1 Å². The number of anilines is 1. The molecule has 3 nitrogen and oxygen atoms in total. The van der Waals surface area contributed by atoms with Gasteiger partial charge in [-0.05, 0) is 38.1 Å². The lowest BCUT2D eigenvalue weighted by molar-refractivity contribution is 0.183. The molecule has 17 heavy (non-hydrogen) atoms. The summed E-state index contributed by atoms with van der Waals surface area (Å²) in [6.07, 6.45) is -0.401. The number of hydrogen-bond donors (Lipinski definition) is 2. The van der Waals surface area contributed by atoms with Crippen LogP contribution in [0.25, 0.3) is 0 Å². The van der Waals surface area contributed by atoms with Crippen molar-refractivity contribution in [3.05, 3.63) is 30.1 Å². The number of nitrogens with one attached hydrogen (secondary N) is 1. The van der Waals surface area contributed by atoms with Crippen molar-refractivity contribution < 1.29 is 9.50 Å². The zero-order valence-electron chi connectivity index (χ0n) is 10.3. The molecule has 0 amide bonds. The largest absolute Gasteiger partial charge is 0.390 e. The average molecular weight is 238 g/mol. The second kappa shape index (κ2) is 4.63. The van der Waals surface area contributed by atoms with Gasteiger partial charge in [0.1, 0.15) is 5.82 Å². The lowest BCUT2D eigenvalue weighted by Crippen LogP contribution is -2.49. The normalized spacial score (nSPS) is 24.5. The summed E-state index contributed by atoms with van der Waals surface area (Å²) in [7, 11) is 0. The van der Waals surface area contributed by atoms with Gasteiger partial charge in [0.2, 0.25) is 0 Å². The number of hydrogen-bond acceptors (Lipinski definition) is 3. The molecule has 1 aromatic rings. The molecule has 0 radical (unpaired) electrons.